The van der Waals surface area contributed by atoms with Gasteiger partial charge in [-0.1, -0.05) is 54.1 Å². The predicted octanol–water partition coefficient (Wildman–Crippen LogP) is 4.14. The highest BCUT2D eigenvalue weighted by Crippen LogP contribution is 2.31. The van der Waals surface area contributed by atoms with Gasteiger partial charge in [0.15, 0.2) is 0 Å². The topological polar surface area (TPSA) is 78.8 Å². The van der Waals surface area contributed by atoms with E-state index in [0.717, 1.165) is 12.0 Å². The van der Waals surface area contributed by atoms with E-state index < -0.39 is 10.0 Å². The Kier molecular flexibility index (Phi) is 6.74. The third kappa shape index (κ3) is 5.37. The molecule has 0 saturated carbocycles. The van der Waals surface area contributed by atoms with Gasteiger partial charge in [0.2, 0.25) is 5.91 Å². The van der Waals surface area contributed by atoms with Gasteiger partial charge in [-0.05, 0) is 35.8 Å². The van der Waals surface area contributed by atoms with Crippen LogP contribution in [0.1, 0.15) is 17.5 Å². The van der Waals surface area contributed by atoms with Gasteiger partial charge in [-0.15, -0.1) is 4.40 Å². The first-order valence-corrected chi connectivity index (χ1v) is 11.1. The molecule has 30 heavy (non-hydrogen) atoms. The molecule has 0 bridgehead atoms. The summed E-state index contributed by atoms with van der Waals surface area (Å²) in [6.07, 6.45) is 7.83. The van der Waals surface area contributed by atoms with E-state index in [2.05, 4.69) is 9.71 Å². The van der Waals surface area contributed by atoms with Crippen LogP contribution in [-0.2, 0) is 21.2 Å². The van der Waals surface area contributed by atoms with E-state index in [1.165, 1.54) is 12.4 Å². The first-order chi connectivity index (χ1) is 14.3. The van der Waals surface area contributed by atoms with E-state index in [4.69, 9.17) is 11.6 Å². The maximum absolute atomic E-state index is 12.9. The number of anilines is 1. The Morgan fingerprint density at radius 1 is 1.23 bits per heavy atom. The average molecular weight is 444 g/mol. The maximum Gasteiger partial charge on any atom is 0.284 e. The van der Waals surface area contributed by atoms with Crippen molar-refractivity contribution in [3.8, 4) is 0 Å². The van der Waals surface area contributed by atoms with Gasteiger partial charge in [-0.2, -0.15) is 8.42 Å². The zero-order valence-electron chi connectivity index (χ0n) is 16.7. The number of rotatable bonds is 7. The lowest BCUT2D eigenvalue weighted by Crippen LogP contribution is -2.15. The number of benzene rings is 2. The highest BCUT2D eigenvalue weighted by molar-refractivity contribution is 7.90. The Labute approximate surface area is 181 Å². The van der Waals surface area contributed by atoms with Crippen molar-refractivity contribution in [1.29, 1.82) is 0 Å². The van der Waals surface area contributed by atoms with Crippen LogP contribution in [0.5, 0.6) is 0 Å². The Balaban J connectivity index is 1.92. The quantitative estimate of drug-likeness (QED) is 0.515. The third-order valence-corrected chi connectivity index (χ3v) is 5.99. The number of carbonyl (C=O) groups is 1. The summed E-state index contributed by atoms with van der Waals surface area (Å²) in [5.74, 6) is -0.295. The number of amides is 1. The number of halogens is 1. The van der Waals surface area contributed by atoms with Crippen LogP contribution in [0.2, 0.25) is 5.02 Å². The molecule has 3 rings (SSSR count). The first kappa shape index (κ1) is 21.8. The lowest BCUT2D eigenvalue weighted by atomic mass is 10.1. The van der Waals surface area contributed by atoms with Crippen LogP contribution >= 0.6 is 11.6 Å². The lowest BCUT2D eigenvalue weighted by molar-refractivity contribution is -0.115. The summed E-state index contributed by atoms with van der Waals surface area (Å²) >= 11 is 6.12. The molecule has 2 aromatic rings. The second kappa shape index (κ2) is 9.28. The molecule has 1 aliphatic carbocycles. The Morgan fingerprint density at radius 3 is 2.67 bits per heavy atom. The minimum atomic E-state index is -3.97. The summed E-state index contributed by atoms with van der Waals surface area (Å²) in [7, 11) is -0.591. The molecular weight excluding hydrogens is 422 g/mol. The van der Waals surface area contributed by atoms with Gasteiger partial charge in [0.1, 0.15) is 6.34 Å². The van der Waals surface area contributed by atoms with Crippen LogP contribution < -0.4 is 5.32 Å². The first-order valence-electron chi connectivity index (χ1n) is 9.27. The van der Waals surface area contributed by atoms with E-state index in [1.807, 2.05) is 18.2 Å². The van der Waals surface area contributed by atoms with Crippen molar-refractivity contribution >= 4 is 45.1 Å². The minimum absolute atomic E-state index is 0.0361. The fourth-order valence-corrected chi connectivity index (χ4v) is 4.31. The molecule has 6 nitrogen and oxygen atoms in total. The van der Waals surface area contributed by atoms with Crippen LogP contribution in [0.15, 0.2) is 70.0 Å². The van der Waals surface area contributed by atoms with Gasteiger partial charge in [-0.25, -0.2) is 0 Å². The van der Waals surface area contributed by atoms with Crippen molar-refractivity contribution in [2.45, 2.75) is 17.7 Å². The van der Waals surface area contributed by atoms with E-state index >= 15 is 0 Å². The highest BCUT2D eigenvalue weighted by Gasteiger charge is 2.21. The second-order valence-electron chi connectivity index (χ2n) is 6.98. The van der Waals surface area contributed by atoms with Crippen molar-refractivity contribution in [2.24, 2.45) is 4.40 Å². The second-order valence-corrected chi connectivity index (χ2v) is 8.99. The van der Waals surface area contributed by atoms with Crippen molar-refractivity contribution in [3.63, 3.8) is 0 Å². The summed E-state index contributed by atoms with van der Waals surface area (Å²) < 4.78 is 29.5. The van der Waals surface area contributed by atoms with E-state index in [1.54, 1.807) is 55.4 Å². The zero-order chi connectivity index (χ0) is 21.7. The highest BCUT2D eigenvalue weighted by atomic mass is 35.5. The molecule has 0 heterocycles. The number of carbonyl (C=O) groups excluding carboxylic acids is 1. The van der Waals surface area contributed by atoms with Gasteiger partial charge in [-0.3, -0.25) is 4.79 Å². The standard InChI is InChI=1S/C22H22ClN3O3S/c1-26(2)15-24-30(28,29)21-14-18(11-12-19(21)16-7-3-4-8-16)25-22(27)13-17-9-5-6-10-20(17)23/h3,5-12,14-15H,4,13H2,1-2H3,(H,25,27). The molecule has 0 aromatic heterocycles. The molecule has 0 fully saturated rings. The number of nitrogens with zero attached hydrogens (tertiary/aromatic N) is 2. The molecule has 0 radical (unpaired) electrons. The largest absolute Gasteiger partial charge is 0.368 e. The van der Waals surface area contributed by atoms with Crippen molar-refractivity contribution in [3.05, 3.63) is 76.8 Å². The van der Waals surface area contributed by atoms with Crippen LogP contribution in [0, 0.1) is 0 Å². The van der Waals surface area contributed by atoms with Crippen molar-refractivity contribution in [1.82, 2.24) is 4.90 Å². The number of sulfonamides is 1. The van der Waals surface area contributed by atoms with Gasteiger partial charge >= 0.3 is 0 Å². The lowest BCUT2D eigenvalue weighted by Gasteiger charge is -2.12. The zero-order valence-corrected chi connectivity index (χ0v) is 18.2. The minimum Gasteiger partial charge on any atom is -0.368 e. The van der Waals surface area contributed by atoms with E-state index in [-0.39, 0.29) is 17.2 Å². The SMILES string of the molecule is CN(C)C=NS(=O)(=O)c1cc(NC(=O)Cc2ccccc2Cl)ccc1C1=CCC=C1. The molecule has 0 atom stereocenters. The molecule has 1 N–H and O–H groups in total. The summed E-state index contributed by atoms with van der Waals surface area (Å²) in [6.45, 7) is 0. The van der Waals surface area contributed by atoms with Gasteiger partial charge in [0.05, 0.1) is 11.3 Å². The summed E-state index contributed by atoms with van der Waals surface area (Å²) in [6, 6.07) is 11.9. The summed E-state index contributed by atoms with van der Waals surface area (Å²) in [5.41, 5.74) is 2.42. The van der Waals surface area contributed by atoms with Gasteiger partial charge in [0, 0.05) is 30.4 Å². The summed E-state index contributed by atoms with van der Waals surface area (Å²) in [5, 5.41) is 3.25. The number of nitrogens with one attached hydrogen (secondary N) is 1. The van der Waals surface area contributed by atoms with Crippen LogP contribution in [0.25, 0.3) is 5.57 Å². The molecule has 1 amide bonds. The smallest absolute Gasteiger partial charge is 0.284 e. The molecule has 0 unspecified atom stereocenters. The predicted molar refractivity (Wildman–Crippen MR) is 121 cm³/mol. The molecule has 0 aliphatic heterocycles. The fourth-order valence-electron chi connectivity index (χ4n) is 2.94. The monoisotopic (exact) mass is 443 g/mol. The van der Waals surface area contributed by atoms with Gasteiger partial charge in [0.25, 0.3) is 10.0 Å². The molecule has 0 saturated heterocycles. The number of hydrogen-bond donors (Lipinski definition) is 1. The Bertz CT molecular complexity index is 1150. The number of allylic oxidation sites excluding steroid dienone is 4. The van der Waals surface area contributed by atoms with E-state index in [9.17, 15) is 13.2 Å². The van der Waals surface area contributed by atoms with Crippen molar-refractivity contribution < 1.29 is 13.2 Å². The van der Waals surface area contributed by atoms with Crippen LogP contribution in [0.4, 0.5) is 5.69 Å². The molecule has 1 aliphatic rings. The van der Waals surface area contributed by atoms with Crippen molar-refractivity contribution in [2.75, 3.05) is 19.4 Å². The average Bonchev–Trinajstić information content (AvgIpc) is 3.23. The number of hydrogen-bond acceptors (Lipinski definition) is 3. The fraction of sp³-hybridized carbons (Fsp3) is 0.182. The third-order valence-electron chi connectivity index (χ3n) is 4.35. The Hall–Kier alpha value is -2.90. The van der Waals surface area contributed by atoms with Crippen LogP contribution in [-0.4, -0.2) is 39.7 Å². The van der Waals surface area contributed by atoms with Gasteiger partial charge < -0.3 is 10.2 Å². The molecule has 8 heteroatoms. The summed E-state index contributed by atoms with van der Waals surface area (Å²) in [4.78, 5) is 14.1. The van der Waals surface area contributed by atoms with Crippen LogP contribution in [0.3, 0.4) is 0 Å². The molecule has 156 valence electrons. The van der Waals surface area contributed by atoms with E-state index in [0.29, 0.717) is 21.8 Å². The maximum atomic E-state index is 12.9. The Morgan fingerprint density at radius 2 is 2.00 bits per heavy atom. The molecule has 0 spiro atoms. The normalized spacial score (nSPS) is 13.5. The molecule has 2 aromatic carbocycles. The molecular formula is C22H22ClN3O3S.